The van der Waals surface area contributed by atoms with Gasteiger partial charge in [0.2, 0.25) is 5.91 Å². The molecule has 3 rings (SSSR count). The molecule has 1 N–H and O–H groups in total. The Morgan fingerprint density at radius 3 is 1.80 bits per heavy atom. The zero-order valence-corrected chi connectivity index (χ0v) is 16.5. The van der Waals surface area contributed by atoms with Gasteiger partial charge in [0.1, 0.15) is 6.10 Å². The van der Waals surface area contributed by atoms with E-state index in [1.54, 1.807) is 12.2 Å². The van der Waals surface area contributed by atoms with Crippen LogP contribution in [0.3, 0.4) is 0 Å². The minimum absolute atomic E-state index is 0.174. The van der Waals surface area contributed by atoms with Gasteiger partial charge in [-0.2, -0.15) is 0 Å². The van der Waals surface area contributed by atoms with Gasteiger partial charge in [-0.3, -0.25) is 4.79 Å². The molecule has 0 aromatic heterocycles. The lowest BCUT2D eigenvalue weighted by molar-refractivity contribution is -0.143. The van der Waals surface area contributed by atoms with Gasteiger partial charge in [0.15, 0.2) is 0 Å². The van der Waals surface area contributed by atoms with Gasteiger partial charge in [-0.1, -0.05) is 91.0 Å². The lowest BCUT2D eigenvalue weighted by atomic mass is 10.1. The molecule has 0 heterocycles. The number of hydrogen-bond donors (Lipinski definition) is 1. The molecule has 3 aromatic rings. The second-order valence-corrected chi connectivity index (χ2v) is 6.57. The van der Waals surface area contributed by atoms with Gasteiger partial charge >= 0.3 is 5.97 Å². The molecule has 4 heteroatoms. The molecule has 1 unspecified atom stereocenters. The molecule has 0 spiro atoms. The number of amides is 1. The molecule has 0 saturated heterocycles. The van der Waals surface area contributed by atoms with Crippen molar-refractivity contribution < 1.29 is 14.3 Å². The van der Waals surface area contributed by atoms with E-state index in [-0.39, 0.29) is 12.5 Å². The van der Waals surface area contributed by atoms with Crippen LogP contribution in [0, 0.1) is 0 Å². The molecule has 1 atom stereocenters. The van der Waals surface area contributed by atoms with Crippen molar-refractivity contribution in [1.29, 1.82) is 0 Å². The van der Waals surface area contributed by atoms with Crippen LogP contribution in [-0.4, -0.2) is 18.4 Å². The highest BCUT2D eigenvalue weighted by atomic mass is 16.5. The molecule has 30 heavy (non-hydrogen) atoms. The molecular formula is C26H23NO3. The number of benzene rings is 3. The standard InChI is InChI=1S/C26H23NO3/c28-25(18-16-21-10-4-1-5-11-21)27-20-24(23-14-8-3-9-15-23)30-26(29)19-17-22-12-6-2-7-13-22/h1-19,24H,20H2,(H,27,28). The maximum absolute atomic E-state index is 12.3. The number of carbonyl (C=O) groups excluding carboxylic acids is 2. The highest BCUT2D eigenvalue weighted by Gasteiger charge is 2.16. The number of nitrogens with one attached hydrogen (secondary N) is 1. The maximum Gasteiger partial charge on any atom is 0.331 e. The molecule has 0 fully saturated rings. The van der Waals surface area contributed by atoms with Gasteiger partial charge < -0.3 is 10.1 Å². The topological polar surface area (TPSA) is 55.4 Å². The minimum atomic E-state index is -0.590. The first-order valence-corrected chi connectivity index (χ1v) is 9.70. The second-order valence-electron chi connectivity index (χ2n) is 6.57. The monoisotopic (exact) mass is 397 g/mol. The van der Waals surface area contributed by atoms with Gasteiger partial charge in [0.05, 0.1) is 6.54 Å². The largest absolute Gasteiger partial charge is 0.452 e. The van der Waals surface area contributed by atoms with Gasteiger partial charge in [-0.15, -0.1) is 0 Å². The fraction of sp³-hybridized carbons (Fsp3) is 0.0769. The summed E-state index contributed by atoms with van der Waals surface area (Å²) in [4.78, 5) is 24.5. The molecule has 150 valence electrons. The van der Waals surface area contributed by atoms with Crippen LogP contribution in [0.1, 0.15) is 22.8 Å². The normalized spacial score (nSPS) is 12.0. The first-order chi connectivity index (χ1) is 14.7. The maximum atomic E-state index is 12.3. The third-order valence-corrected chi connectivity index (χ3v) is 4.33. The highest BCUT2D eigenvalue weighted by Crippen LogP contribution is 2.17. The quantitative estimate of drug-likeness (QED) is 0.438. The predicted molar refractivity (Wildman–Crippen MR) is 119 cm³/mol. The first-order valence-electron chi connectivity index (χ1n) is 9.70. The van der Waals surface area contributed by atoms with Crippen molar-refractivity contribution in [1.82, 2.24) is 5.32 Å². The van der Waals surface area contributed by atoms with Crippen LogP contribution in [0.4, 0.5) is 0 Å². The summed E-state index contributed by atoms with van der Waals surface area (Å²) in [6, 6.07) is 28.4. The van der Waals surface area contributed by atoms with E-state index in [2.05, 4.69) is 5.32 Å². The van der Waals surface area contributed by atoms with Gasteiger partial charge in [-0.05, 0) is 28.8 Å². The summed E-state index contributed by atoms with van der Waals surface area (Å²) in [5, 5.41) is 2.80. The molecule has 0 radical (unpaired) electrons. The number of ether oxygens (including phenoxy) is 1. The van der Waals surface area contributed by atoms with Crippen molar-refractivity contribution in [3.8, 4) is 0 Å². The smallest absolute Gasteiger partial charge is 0.331 e. The number of esters is 1. The van der Waals surface area contributed by atoms with Crippen LogP contribution in [0.2, 0.25) is 0 Å². The Labute approximate surface area is 176 Å². The number of hydrogen-bond acceptors (Lipinski definition) is 3. The average Bonchev–Trinajstić information content (AvgIpc) is 2.81. The van der Waals surface area contributed by atoms with Gasteiger partial charge in [0.25, 0.3) is 0 Å². The van der Waals surface area contributed by atoms with Crippen LogP contribution in [0.5, 0.6) is 0 Å². The summed E-state index contributed by atoms with van der Waals surface area (Å²) in [5.74, 6) is -0.725. The van der Waals surface area contributed by atoms with E-state index in [0.717, 1.165) is 16.7 Å². The minimum Gasteiger partial charge on any atom is -0.452 e. The third-order valence-electron chi connectivity index (χ3n) is 4.33. The van der Waals surface area contributed by atoms with Crippen molar-refractivity contribution in [2.45, 2.75) is 6.10 Å². The predicted octanol–water partition coefficient (Wildman–Crippen LogP) is 4.81. The highest BCUT2D eigenvalue weighted by molar-refractivity contribution is 5.91. The number of rotatable bonds is 8. The fourth-order valence-electron chi connectivity index (χ4n) is 2.79. The molecule has 0 saturated carbocycles. The van der Waals surface area contributed by atoms with Crippen LogP contribution in [0.15, 0.2) is 103 Å². The van der Waals surface area contributed by atoms with Crippen molar-refractivity contribution >= 4 is 24.0 Å². The van der Waals surface area contributed by atoms with Crippen molar-refractivity contribution in [3.05, 3.63) is 120 Å². The molecular weight excluding hydrogens is 374 g/mol. The van der Waals surface area contributed by atoms with Crippen LogP contribution < -0.4 is 5.32 Å². The van der Waals surface area contributed by atoms with Crippen LogP contribution in [-0.2, 0) is 14.3 Å². The Hall–Kier alpha value is -3.92. The SMILES string of the molecule is O=C(C=Cc1ccccc1)NCC(OC(=O)C=Cc1ccccc1)c1ccccc1. The summed E-state index contributed by atoms with van der Waals surface area (Å²) in [6.07, 6.45) is 5.71. The Balaban J connectivity index is 1.61. The molecule has 0 bridgehead atoms. The summed E-state index contributed by atoms with van der Waals surface area (Å²) in [5.41, 5.74) is 2.65. The van der Waals surface area contributed by atoms with E-state index in [9.17, 15) is 9.59 Å². The van der Waals surface area contributed by atoms with Crippen LogP contribution >= 0.6 is 0 Å². The summed E-state index contributed by atoms with van der Waals surface area (Å²) >= 11 is 0. The molecule has 3 aromatic carbocycles. The van der Waals surface area contributed by atoms with E-state index < -0.39 is 12.1 Å². The van der Waals surface area contributed by atoms with E-state index >= 15 is 0 Å². The van der Waals surface area contributed by atoms with Crippen LogP contribution in [0.25, 0.3) is 12.2 Å². The lowest BCUT2D eigenvalue weighted by Crippen LogP contribution is -2.29. The molecule has 0 aliphatic carbocycles. The zero-order valence-electron chi connectivity index (χ0n) is 16.5. The summed E-state index contributed by atoms with van der Waals surface area (Å²) < 4.78 is 5.61. The van der Waals surface area contributed by atoms with E-state index in [1.165, 1.54) is 12.2 Å². The van der Waals surface area contributed by atoms with Crippen molar-refractivity contribution in [3.63, 3.8) is 0 Å². The van der Waals surface area contributed by atoms with E-state index in [1.807, 2.05) is 91.0 Å². The summed E-state index contributed by atoms with van der Waals surface area (Å²) in [6.45, 7) is 0.174. The van der Waals surface area contributed by atoms with Gasteiger partial charge in [0, 0.05) is 12.2 Å². The molecule has 0 aliphatic heterocycles. The third kappa shape index (κ3) is 6.91. The fourth-order valence-corrected chi connectivity index (χ4v) is 2.79. The second kappa shape index (κ2) is 11.2. The Morgan fingerprint density at radius 1 is 0.733 bits per heavy atom. The molecule has 1 amide bonds. The average molecular weight is 397 g/mol. The Bertz CT molecular complexity index is 996. The van der Waals surface area contributed by atoms with E-state index in [0.29, 0.717) is 0 Å². The number of carbonyl (C=O) groups is 2. The Morgan fingerprint density at radius 2 is 1.23 bits per heavy atom. The first kappa shape index (κ1) is 20.8. The summed E-state index contributed by atoms with van der Waals surface area (Å²) in [7, 11) is 0. The molecule has 0 aliphatic rings. The zero-order chi connectivity index (χ0) is 21.0. The molecule has 4 nitrogen and oxygen atoms in total. The van der Waals surface area contributed by atoms with Gasteiger partial charge in [-0.25, -0.2) is 4.79 Å². The Kier molecular flexibility index (Phi) is 7.75. The van der Waals surface area contributed by atoms with E-state index in [4.69, 9.17) is 4.74 Å². The van der Waals surface area contributed by atoms with Crippen molar-refractivity contribution in [2.75, 3.05) is 6.54 Å². The lowest BCUT2D eigenvalue weighted by Gasteiger charge is -2.17. The van der Waals surface area contributed by atoms with Crippen molar-refractivity contribution in [2.24, 2.45) is 0 Å².